The highest BCUT2D eigenvalue weighted by Crippen LogP contribution is 2.47. The molecule has 2 fully saturated rings. The number of hydrogen-bond donors (Lipinski definition) is 1. The van der Waals surface area contributed by atoms with E-state index in [1.165, 1.54) is 32.4 Å². The van der Waals surface area contributed by atoms with Gasteiger partial charge >= 0.3 is 5.97 Å². The first kappa shape index (κ1) is 11.7. The monoisotopic (exact) mass is 245 g/mol. The molecule has 1 aromatic rings. The summed E-state index contributed by atoms with van der Waals surface area (Å²) in [5.41, 5.74) is 2.07. The molecular weight excluding hydrogens is 226 g/mol. The second-order valence-electron chi connectivity index (χ2n) is 5.78. The minimum absolute atomic E-state index is 0.455. The molecule has 0 unspecified atom stereocenters. The van der Waals surface area contributed by atoms with Crippen LogP contribution in [0.2, 0.25) is 0 Å². The number of carbonyl (C=O) groups is 1. The second-order valence-corrected chi connectivity index (χ2v) is 5.78. The molecule has 1 N–H and O–H groups in total. The number of benzene rings is 1. The molecule has 96 valence electrons. The maximum atomic E-state index is 11.1. The van der Waals surface area contributed by atoms with E-state index in [-0.39, 0.29) is 0 Å². The van der Waals surface area contributed by atoms with Crippen LogP contribution in [0.25, 0.3) is 0 Å². The summed E-state index contributed by atoms with van der Waals surface area (Å²) < 4.78 is 0. The van der Waals surface area contributed by atoms with Crippen molar-refractivity contribution in [2.75, 3.05) is 19.6 Å². The van der Waals surface area contributed by atoms with Gasteiger partial charge in [0.2, 0.25) is 0 Å². The Morgan fingerprint density at radius 3 is 2.61 bits per heavy atom. The normalized spacial score (nSPS) is 21.3. The fraction of sp³-hybridized carbons (Fsp3) is 0.533. The van der Waals surface area contributed by atoms with E-state index in [0.717, 1.165) is 18.5 Å². The zero-order valence-electron chi connectivity index (χ0n) is 10.6. The minimum atomic E-state index is -0.815. The van der Waals surface area contributed by atoms with Gasteiger partial charge in [-0.15, -0.1) is 0 Å². The van der Waals surface area contributed by atoms with E-state index in [4.69, 9.17) is 5.11 Å². The van der Waals surface area contributed by atoms with Gasteiger partial charge in [0.05, 0.1) is 5.56 Å². The maximum absolute atomic E-state index is 11.1. The highest BCUT2D eigenvalue weighted by Gasteiger charge is 2.46. The van der Waals surface area contributed by atoms with Crippen molar-refractivity contribution in [3.63, 3.8) is 0 Å². The predicted molar refractivity (Wildman–Crippen MR) is 69.8 cm³/mol. The molecule has 2 aliphatic rings. The van der Waals surface area contributed by atoms with Crippen LogP contribution < -0.4 is 0 Å². The van der Waals surface area contributed by atoms with Gasteiger partial charge in [0, 0.05) is 19.6 Å². The van der Waals surface area contributed by atoms with E-state index in [2.05, 4.69) is 4.90 Å². The van der Waals surface area contributed by atoms with Gasteiger partial charge in [0.15, 0.2) is 0 Å². The van der Waals surface area contributed by atoms with E-state index in [0.29, 0.717) is 11.0 Å². The van der Waals surface area contributed by atoms with Crippen LogP contribution in [0.15, 0.2) is 24.3 Å². The van der Waals surface area contributed by atoms with Crippen molar-refractivity contribution >= 4 is 5.97 Å². The third-order valence-corrected chi connectivity index (χ3v) is 4.48. The van der Waals surface area contributed by atoms with E-state index in [1.807, 2.05) is 12.1 Å². The molecule has 18 heavy (non-hydrogen) atoms. The maximum Gasteiger partial charge on any atom is 0.335 e. The minimum Gasteiger partial charge on any atom is -0.478 e. The molecule has 1 aliphatic heterocycles. The fourth-order valence-corrected chi connectivity index (χ4v) is 3.28. The van der Waals surface area contributed by atoms with Gasteiger partial charge in [-0.05, 0) is 36.3 Å². The molecule has 1 saturated carbocycles. The van der Waals surface area contributed by atoms with E-state index in [9.17, 15) is 4.79 Å². The van der Waals surface area contributed by atoms with Crippen molar-refractivity contribution < 1.29 is 9.90 Å². The van der Waals surface area contributed by atoms with Crippen LogP contribution in [0.3, 0.4) is 0 Å². The lowest BCUT2D eigenvalue weighted by Gasteiger charge is -2.56. The van der Waals surface area contributed by atoms with Crippen LogP contribution in [-0.4, -0.2) is 35.6 Å². The Balaban J connectivity index is 1.56. The third-order valence-electron chi connectivity index (χ3n) is 4.48. The van der Waals surface area contributed by atoms with Gasteiger partial charge in [0.25, 0.3) is 0 Å². The molecule has 3 nitrogen and oxygen atoms in total. The van der Waals surface area contributed by atoms with E-state index >= 15 is 0 Å². The number of carboxylic acid groups (broad SMARTS) is 1. The Morgan fingerprint density at radius 1 is 1.28 bits per heavy atom. The van der Waals surface area contributed by atoms with Gasteiger partial charge in [-0.1, -0.05) is 24.6 Å². The summed E-state index contributed by atoms with van der Waals surface area (Å²) >= 11 is 0. The van der Waals surface area contributed by atoms with Gasteiger partial charge in [-0.25, -0.2) is 4.79 Å². The average Bonchev–Trinajstić information content (AvgIpc) is 2.25. The standard InChI is InChI=1S/C15H19NO2/c17-14(18)13-5-2-1-4-12(13)6-9-16-10-15(11-16)7-3-8-15/h1-2,4-5H,3,6-11H2,(H,17,18). The lowest BCUT2D eigenvalue weighted by atomic mass is 9.63. The Morgan fingerprint density at radius 2 is 2.00 bits per heavy atom. The van der Waals surface area contributed by atoms with Crippen LogP contribution in [0, 0.1) is 5.41 Å². The summed E-state index contributed by atoms with van der Waals surface area (Å²) in [5, 5.41) is 9.12. The summed E-state index contributed by atoms with van der Waals surface area (Å²) in [6, 6.07) is 7.34. The molecule has 1 aliphatic carbocycles. The first-order chi connectivity index (χ1) is 8.69. The quantitative estimate of drug-likeness (QED) is 0.885. The smallest absolute Gasteiger partial charge is 0.335 e. The number of hydrogen-bond acceptors (Lipinski definition) is 2. The van der Waals surface area contributed by atoms with Crippen molar-refractivity contribution in [3.05, 3.63) is 35.4 Å². The Hall–Kier alpha value is -1.35. The molecule has 0 atom stereocenters. The Kier molecular flexibility index (Phi) is 2.86. The van der Waals surface area contributed by atoms with Gasteiger partial charge in [-0.2, -0.15) is 0 Å². The number of carboxylic acids is 1. The summed E-state index contributed by atoms with van der Waals surface area (Å²) in [4.78, 5) is 13.6. The molecule has 1 saturated heterocycles. The third kappa shape index (κ3) is 2.03. The van der Waals surface area contributed by atoms with Crippen LogP contribution in [0.1, 0.15) is 35.2 Å². The van der Waals surface area contributed by atoms with Crippen molar-refractivity contribution in [1.82, 2.24) is 4.90 Å². The summed E-state index contributed by atoms with van der Waals surface area (Å²) in [6.07, 6.45) is 5.04. The first-order valence-electron chi connectivity index (χ1n) is 6.72. The van der Waals surface area contributed by atoms with Crippen molar-refractivity contribution in [1.29, 1.82) is 0 Å². The molecule has 0 radical (unpaired) electrons. The molecule has 3 heteroatoms. The lowest BCUT2D eigenvalue weighted by molar-refractivity contribution is -0.0587. The SMILES string of the molecule is O=C(O)c1ccccc1CCN1CC2(CCC2)C1. The highest BCUT2D eigenvalue weighted by atomic mass is 16.4. The zero-order chi connectivity index (χ0) is 12.6. The summed E-state index contributed by atoms with van der Waals surface area (Å²) in [7, 11) is 0. The Bertz CT molecular complexity index is 457. The van der Waals surface area contributed by atoms with Crippen LogP contribution >= 0.6 is 0 Å². The molecule has 1 aromatic carbocycles. The topological polar surface area (TPSA) is 40.5 Å². The summed E-state index contributed by atoms with van der Waals surface area (Å²) in [5.74, 6) is -0.815. The summed E-state index contributed by atoms with van der Waals surface area (Å²) in [6.45, 7) is 3.44. The predicted octanol–water partition coefficient (Wildman–Crippen LogP) is 2.41. The Labute approximate surface area is 107 Å². The van der Waals surface area contributed by atoms with Crippen molar-refractivity contribution in [3.8, 4) is 0 Å². The van der Waals surface area contributed by atoms with Gasteiger partial charge in [-0.3, -0.25) is 0 Å². The van der Waals surface area contributed by atoms with E-state index in [1.54, 1.807) is 12.1 Å². The largest absolute Gasteiger partial charge is 0.478 e. The zero-order valence-corrected chi connectivity index (χ0v) is 10.6. The van der Waals surface area contributed by atoms with E-state index < -0.39 is 5.97 Å². The molecule has 0 amide bonds. The molecule has 0 aromatic heterocycles. The average molecular weight is 245 g/mol. The van der Waals surface area contributed by atoms with Crippen molar-refractivity contribution in [2.45, 2.75) is 25.7 Å². The second kappa shape index (κ2) is 4.39. The van der Waals surface area contributed by atoms with Crippen molar-refractivity contribution in [2.24, 2.45) is 5.41 Å². The number of likely N-dealkylation sites (tertiary alicyclic amines) is 1. The molecule has 3 rings (SSSR count). The van der Waals surface area contributed by atoms with Crippen LogP contribution in [0.5, 0.6) is 0 Å². The highest BCUT2D eigenvalue weighted by molar-refractivity contribution is 5.89. The number of rotatable bonds is 4. The molecule has 0 bridgehead atoms. The molecular formula is C15H19NO2. The van der Waals surface area contributed by atoms with Gasteiger partial charge in [0.1, 0.15) is 0 Å². The fourth-order valence-electron chi connectivity index (χ4n) is 3.28. The molecule has 1 spiro atoms. The van der Waals surface area contributed by atoms with Gasteiger partial charge < -0.3 is 10.0 Å². The first-order valence-corrected chi connectivity index (χ1v) is 6.72. The van der Waals surface area contributed by atoms with Crippen LogP contribution in [-0.2, 0) is 6.42 Å². The number of aromatic carboxylic acids is 1. The van der Waals surface area contributed by atoms with Crippen LogP contribution in [0.4, 0.5) is 0 Å². The lowest BCUT2D eigenvalue weighted by Crippen LogP contribution is -2.59. The molecule has 1 heterocycles. The number of nitrogens with zero attached hydrogens (tertiary/aromatic N) is 1.